The Morgan fingerprint density at radius 2 is 1.75 bits per heavy atom. The molecule has 0 fully saturated rings. The summed E-state index contributed by atoms with van der Waals surface area (Å²) in [6.45, 7) is 5.33. The molecule has 0 spiro atoms. The van der Waals surface area contributed by atoms with Crippen molar-refractivity contribution >= 4 is 23.5 Å². The van der Waals surface area contributed by atoms with E-state index < -0.39 is 0 Å². The Morgan fingerprint density at radius 1 is 1.10 bits per heavy atom. The van der Waals surface area contributed by atoms with Gasteiger partial charge in [0.1, 0.15) is 0 Å². The van der Waals surface area contributed by atoms with E-state index in [-0.39, 0.29) is 5.28 Å². The molecule has 114 valence electrons. The number of hydrogen-bond acceptors (Lipinski definition) is 7. The summed E-state index contributed by atoms with van der Waals surface area (Å²) in [5, 5.41) is 3.28. The van der Waals surface area contributed by atoms with Crippen LogP contribution >= 0.6 is 11.6 Å². The highest BCUT2D eigenvalue weighted by molar-refractivity contribution is 6.28. The average molecular weight is 304 g/mol. The first kappa shape index (κ1) is 16.9. The molecular formula is C12H22ClN5O2. The molecule has 0 unspecified atom stereocenters. The summed E-state index contributed by atoms with van der Waals surface area (Å²) >= 11 is 5.95. The van der Waals surface area contributed by atoms with Crippen molar-refractivity contribution in [2.24, 2.45) is 0 Å². The van der Waals surface area contributed by atoms with Crippen LogP contribution in [-0.2, 0) is 9.47 Å². The van der Waals surface area contributed by atoms with Crippen LogP contribution in [0.5, 0.6) is 0 Å². The van der Waals surface area contributed by atoms with Gasteiger partial charge >= 0.3 is 0 Å². The zero-order valence-corrected chi connectivity index (χ0v) is 13.0. The van der Waals surface area contributed by atoms with Gasteiger partial charge in [0.05, 0.1) is 13.2 Å². The summed E-state index contributed by atoms with van der Waals surface area (Å²) in [5.74, 6) is 1.01. The molecule has 1 rings (SSSR count). The van der Waals surface area contributed by atoms with Crippen molar-refractivity contribution in [3.8, 4) is 0 Å². The molecule has 0 saturated carbocycles. The molecule has 0 aliphatic carbocycles. The van der Waals surface area contributed by atoms with E-state index in [9.17, 15) is 0 Å². The van der Waals surface area contributed by atoms with E-state index in [4.69, 9.17) is 21.1 Å². The van der Waals surface area contributed by atoms with Crippen molar-refractivity contribution in [1.82, 2.24) is 15.0 Å². The SMILES string of the molecule is CCCNc1nc(Cl)nc(N(CCOC)CCOC)n1. The van der Waals surface area contributed by atoms with Crippen LogP contribution < -0.4 is 10.2 Å². The fraction of sp³-hybridized carbons (Fsp3) is 0.750. The van der Waals surface area contributed by atoms with Gasteiger partial charge in [0.2, 0.25) is 17.2 Å². The maximum absolute atomic E-state index is 5.95. The molecule has 0 amide bonds. The predicted octanol–water partition coefficient (Wildman–Crippen LogP) is 1.45. The average Bonchev–Trinajstić information content (AvgIpc) is 2.44. The van der Waals surface area contributed by atoms with Crippen LogP contribution in [0.15, 0.2) is 0 Å². The Balaban J connectivity index is 2.83. The molecule has 8 heteroatoms. The zero-order valence-electron chi connectivity index (χ0n) is 12.2. The van der Waals surface area contributed by atoms with Crippen molar-refractivity contribution in [1.29, 1.82) is 0 Å². The topological polar surface area (TPSA) is 72.4 Å². The van der Waals surface area contributed by atoms with Gasteiger partial charge in [-0.15, -0.1) is 0 Å². The number of nitrogens with zero attached hydrogens (tertiary/aromatic N) is 4. The van der Waals surface area contributed by atoms with E-state index in [1.165, 1.54) is 0 Å². The molecular weight excluding hydrogens is 282 g/mol. The van der Waals surface area contributed by atoms with Gasteiger partial charge in [-0.3, -0.25) is 0 Å². The molecule has 0 aliphatic heterocycles. The van der Waals surface area contributed by atoms with Gasteiger partial charge in [0.15, 0.2) is 0 Å². The van der Waals surface area contributed by atoms with Crippen LogP contribution in [0.2, 0.25) is 5.28 Å². The Kier molecular flexibility index (Phi) is 8.17. The Labute approximate surface area is 124 Å². The maximum atomic E-state index is 5.95. The van der Waals surface area contributed by atoms with Crippen molar-refractivity contribution in [2.45, 2.75) is 13.3 Å². The monoisotopic (exact) mass is 303 g/mol. The smallest absolute Gasteiger partial charge is 0.231 e. The molecule has 0 radical (unpaired) electrons. The normalized spacial score (nSPS) is 10.6. The minimum atomic E-state index is 0.174. The summed E-state index contributed by atoms with van der Waals surface area (Å²) in [6.07, 6.45) is 0.982. The van der Waals surface area contributed by atoms with Crippen molar-refractivity contribution < 1.29 is 9.47 Å². The zero-order chi connectivity index (χ0) is 14.8. The lowest BCUT2D eigenvalue weighted by molar-refractivity contribution is 0.189. The van der Waals surface area contributed by atoms with Crippen LogP contribution in [0.25, 0.3) is 0 Å². The van der Waals surface area contributed by atoms with Gasteiger partial charge < -0.3 is 19.7 Å². The Morgan fingerprint density at radius 3 is 2.30 bits per heavy atom. The van der Waals surface area contributed by atoms with Gasteiger partial charge in [-0.25, -0.2) is 0 Å². The third-order valence-corrected chi connectivity index (χ3v) is 2.71. The minimum Gasteiger partial charge on any atom is -0.383 e. The molecule has 0 atom stereocenters. The van der Waals surface area contributed by atoms with Crippen LogP contribution in [-0.4, -0.2) is 62.0 Å². The molecule has 0 saturated heterocycles. The molecule has 1 aromatic heterocycles. The van der Waals surface area contributed by atoms with Crippen molar-refractivity contribution in [2.75, 3.05) is 57.3 Å². The number of halogens is 1. The van der Waals surface area contributed by atoms with Gasteiger partial charge in [0.25, 0.3) is 0 Å². The van der Waals surface area contributed by atoms with Crippen molar-refractivity contribution in [3.63, 3.8) is 0 Å². The molecule has 0 bridgehead atoms. The largest absolute Gasteiger partial charge is 0.383 e. The number of nitrogens with one attached hydrogen (secondary N) is 1. The lowest BCUT2D eigenvalue weighted by Gasteiger charge is -2.22. The van der Waals surface area contributed by atoms with E-state index in [1.54, 1.807) is 14.2 Å². The van der Waals surface area contributed by atoms with Crippen LogP contribution in [0.1, 0.15) is 13.3 Å². The second kappa shape index (κ2) is 9.68. The highest BCUT2D eigenvalue weighted by atomic mass is 35.5. The summed E-state index contributed by atoms with van der Waals surface area (Å²) in [5.41, 5.74) is 0. The third-order valence-electron chi connectivity index (χ3n) is 2.54. The molecule has 0 aromatic carbocycles. The molecule has 7 nitrogen and oxygen atoms in total. The summed E-state index contributed by atoms with van der Waals surface area (Å²) in [7, 11) is 3.31. The van der Waals surface area contributed by atoms with E-state index in [1.807, 2.05) is 4.90 Å². The van der Waals surface area contributed by atoms with Crippen LogP contribution in [0.3, 0.4) is 0 Å². The third kappa shape index (κ3) is 5.85. The number of aromatic nitrogens is 3. The summed E-state index contributed by atoms with van der Waals surface area (Å²) in [6, 6.07) is 0. The summed E-state index contributed by atoms with van der Waals surface area (Å²) < 4.78 is 10.2. The van der Waals surface area contributed by atoms with Gasteiger partial charge in [-0.05, 0) is 18.0 Å². The number of methoxy groups -OCH3 is 2. The van der Waals surface area contributed by atoms with E-state index >= 15 is 0 Å². The first-order valence-corrected chi connectivity index (χ1v) is 6.97. The van der Waals surface area contributed by atoms with Gasteiger partial charge in [0, 0.05) is 33.9 Å². The van der Waals surface area contributed by atoms with Gasteiger partial charge in [-0.1, -0.05) is 6.92 Å². The lowest BCUT2D eigenvalue weighted by Crippen LogP contribution is -2.32. The molecule has 1 heterocycles. The highest BCUT2D eigenvalue weighted by Crippen LogP contribution is 2.13. The van der Waals surface area contributed by atoms with E-state index in [2.05, 4.69) is 27.2 Å². The first-order chi connectivity index (χ1) is 9.71. The Bertz CT molecular complexity index is 386. The molecule has 1 aromatic rings. The minimum absolute atomic E-state index is 0.174. The Hall–Kier alpha value is -1.18. The molecule has 20 heavy (non-hydrogen) atoms. The predicted molar refractivity (Wildman–Crippen MR) is 79.6 cm³/mol. The first-order valence-electron chi connectivity index (χ1n) is 6.59. The second-order valence-corrected chi connectivity index (χ2v) is 4.47. The van der Waals surface area contributed by atoms with Crippen molar-refractivity contribution in [3.05, 3.63) is 5.28 Å². The molecule has 0 aliphatic rings. The van der Waals surface area contributed by atoms with Crippen LogP contribution in [0.4, 0.5) is 11.9 Å². The lowest BCUT2D eigenvalue weighted by atomic mass is 10.5. The second-order valence-electron chi connectivity index (χ2n) is 4.13. The van der Waals surface area contributed by atoms with E-state index in [0.717, 1.165) is 13.0 Å². The number of rotatable bonds is 10. The molecule has 1 N–H and O–H groups in total. The fourth-order valence-electron chi connectivity index (χ4n) is 1.51. The maximum Gasteiger partial charge on any atom is 0.231 e. The van der Waals surface area contributed by atoms with Crippen LogP contribution in [0, 0.1) is 0 Å². The van der Waals surface area contributed by atoms with Gasteiger partial charge in [-0.2, -0.15) is 15.0 Å². The fourth-order valence-corrected chi connectivity index (χ4v) is 1.67. The van der Waals surface area contributed by atoms with E-state index in [0.29, 0.717) is 38.2 Å². The standard InChI is InChI=1S/C12H22ClN5O2/c1-4-5-14-11-15-10(13)16-12(17-11)18(6-8-19-2)7-9-20-3/h4-9H2,1-3H3,(H,14,15,16,17). The quantitative estimate of drug-likeness (QED) is 0.701. The number of ether oxygens (including phenoxy) is 2. The summed E-state index contributed by atoms with van der Waals surface area (Å²) in [4.78, 5) is 14.6. The number of anilines is 2. The number of hydrogen-bond donors (Lipinski definition) is 1. The highest BCUT2D eigenvalue weighted by Gasteiger charge is 2.12.